The maximum atomic E-state index is 13.4. The maximum Gasteiger partial charge on any atom is 0.416 e. The maximum absolute atomic E-state index is 13.4. The zero-order chi connectivity index (χ0) is 29.6. The van der Waals surface area contributed by atoms with E-state index in [4.69, 9.17) is 11.3 Å². The van der Waals surface area contributed by atoms with E-state index in [9.17, 15) is 28.2 Å². The molecule has 0 aromatic heterocycles. The summed E-state index contributed by atoms with van der Waals surface area (Å²) in [6, 6.07) is 7.49. The molecule has 2 aromatic carbocycles. The van der Waals surface area contributed by atoms with Crippen molar-refractivity contribution in [3.63, 3.8) is 0 Å². The van der Waals surface area contributed by atoms with Crippen molar-refractivity contribution >= 4 is 12.0 Å². The number of phenols is 1. The lowest BCUT2D eigenvalue weighted by molar-refractivity contribution is -0.208. The number of likely N-dealkylation sites (tertiary alicyclic amines) is 1. The minimum Gasteiger partial charge on any atom is -0.504 e. The summed E-state index contributed by atoms with van der Waals surface area (Å²) < 4.78 is 46.0. The molecule has 1 spiro atoms. The second-order valence-electron chi connectivity index (χ2n) is 12.6. The van der Waals surface area contributed by atoms with Crippen LogP contribution in [0.2, 0.25) is 0 Å². The molecular weight excluding hydrogens is 547 g/mol. The van der Waals surface area contributed by atoms with Crippen LogP contribution >= 0.6 is 0 Å². The van der Waals surface area contributed by atoms with Gasteiger partial charge in [0.2, 0.25) is 5.91 Å². The predicted octanol–water partition coefficient (Wildman–Crippen LogP) is 4.76. The van der Waals surface area contributed by atoms with E-state index in [1.165, 1.54) is 29.2 Å². The number of aliphatic hydroxyl groups is 1. The van der Waals surface area contributed by atoms with Crippen LogP contribution < -0.4 is 4.74 Å². The van der Waals surface area contributed by atoms with E-state index >= 15 is 0 Å². The molecule has 6 atom stereocenters. The molecule has 0 radical (unpaired) electrons. The third kappa shape index (κ3) is 3.82. The van der Waals surface area contributed by atoms with Crippen LogP contribution in [0.15, 0.2) is 42.5 Å². The van der Waals surface area contributed by atoms with E-state index in [1.807, 2.05) is 6.07 Å². The number of aromatic hydroxyl groups is 1. The zero-order valence-electron chi connectivity index (χ0n) is 23.1. The van der Waals surface area contributed by atoms with Crippen molar-refractivity contribution in [1.82, 2.24) is 9.80 Å². The molecule has 220 valence electrons. The highest BCUT2D eigenvalue weighted by molar-refractivity contribution is 5.92. The van der Waals surface area contributed by atoms with Crippen molar-refractivity contribution in [2.45, 2.75) is 80.1 Å². The number of ether oxygens (including phenoxy) is 1. The summed E-state index contributed by atoms with van der Waals surface area (Å²) in [4.78, 5) is 21.2. The van der Waals surface area contributed by atoms with Gasteiger partial charge in [0.05, 0.1) is 35.1 Å². The number of rotatable bonds is 5. The van der Waals surface area contributed by atoms with Crippen molar-refractivity contribution in [3.05, 3.63) is 76.1 Å². The molecule has 7 nitrogen and oxygen atoms in total. The van der Waals surface area contributed by atoms with Gasteiger partial charge in [0, 0.05) is 25.2 Å². The standard InChI is InChI=1S/C32H32F3N3O4/c1-36-25-16-30-27-20-9-10-23(39)28(27)42-29(30)22(12-13-31(30,41)24(15-20)38(25)17-19-6-7-19)37(2)26(40)11-8-18-4-3-5-21(14-18)32(33,34)35/h3-5,8-11,14,19,22,24-25,29,39,41H,6-7,12-13,15-17H2,2H3/b11-8+/t22?,24-,25?,29?,30-,31?/m0/s1. The van der Waals surface area contributed by atoms with Gasteiger partial charge in [-0.3, -0.25) is 9.64 Å². The molecular formula is C32H32F3N3O4. The van der Waals surface area contributed by atoms with Crippen LogP contribution in [0.3, 0.4) is 0 Å². The summed E-state index contributed by atoms with van der Waals surface area (Å²) in [7, 11) is 1.63. The Morgan fingerprint density at radius 1 is 1.26 bits per heavy atom. The third-order valence-corrected chi connectivity index (χ3v) is 10.4. The third-order valence-electron chi connectivity index (χ3n) is 10.4. The minimum absolute atomic E-state index is 0.0322. The van der Waals surface area contributed by atoms with Gasteiger partial charge in [-0.25, -0.2) is 11.5 Å². The molecule has 3 fully saturated rings. The molecule has 4 unspecified atom stereocenters. The lowest BCUT2D eigenvalue weighted by Gasteiger charge is -2.64. The average Bonchev–Trinajstić information content (AvgIpc) is 3.71. The van der Waals surface area contributed by atoms with Crippen molar-refractivity contribution < 1.29 is 32.9 Å². The van der Waals surface area contributed by atoms with Crippen molar-refractivity contribution in [2.75, 3.05) is 13.6 Å². The normalized spacial score (nSPS) is 33.1. The first-order valence-corrected chi connectivity index (χ1v) is 14.5. The van der Waals surface area contributed by atoms with E-state index in [-0.39, 0.29) is 17.4 Å². The number of carbonyl (C=O) groups is 1. The molecule has 42 heavy (non-hydrogen) atoms. The average molecular weight is 580 g/mol. The summed E-state index contributed by atoms with van der Waals surface area (Å²) in [5.41, 5.74) is -0.997. The number of benzene rings is 2. The van der Waals surface area contributed by atoms with Crippen LogP contribution in [0, 0.1) is 12.5 Å². The minimum atomic E-state index is -4.49. The van der Waals surface area contributed by atoms with E-state index in [1.54, 1.807) is 13.1 Å². The molecule has 3 aliphatic carbocycles. The van der Waals surface area contributed by atoms with Crippen molar-refractivity contribution in [2.24, 2.45) is 5.92 Å². The Hall–Kier alpha value is -3.55. The number of hydrogen-bond donors (Lipinski definition) is 2. The fraction of sp³-hybridized carbons (Fsp3) is 0.500. The highest BCUT2D eigenvalue weighted by Gasteiger charge is 2.76. The van der Waals surface area contributed by atoms with E-state index in [0.29, 0.717) is 37.4 Å². The second-order valence-corrected chi connectivity index (χ2v) is 12.6. The molecule has 7 rings (SSSR count). The number of nitrogens with zero attached hydrogens (tertiary/aromatic N) is 3. The lowest BCUT2D eigenvalue weighted by Crippen LogP contribution is -2.79. The van der Waals surface area contributed by atoms with Gasteiger partial charge in [-0.2, -0.15) is 13.2 Å². The SMILES string of the molecule is [C-]#[N+]C1C[C@]23c4c5ccc(O)c4OC2C(N(C)C(=O)/C=C/c2cccc(C(F)(F)F)c2)CCC3(O)[C@H](C5)N1CC1CC1. The molecule has 10 heteroatoms. The fourth-order valence-corrected chi connectivity index (χ4v) is 8.24. The smallest absolute Gasteiger partial charge is 0.416 e. The molecule has 2 aliphatic heterocycles. The molecule has 1 amide bonds. The molecule has 2 bridgehead atoms. The van der Waals surface area contributed by atoms with Crippen LogP contribution in [0.5, 0.6) is 11.5 Å². The summed E-state index contributed by atoms with van der Waals surface area (Å²) in [5.74, 6) is 0.405. The first kappa shape index (κ1) is 27.3. The predicted molar refractivity (Wildman–Crippen MR) is 147 cm³/mol. The number of piperidine rings is 1. The van der Waals surface area contributed by atoms with E-state index in [2.05, 4.69) is 9.74 Å². The van der Waals surface area contributed by atoms with Crippen molar-refractivity contribution in [3.8, 4) is 11.5 Å². The zero-order valence-corrected chi connectivity index (χ0v) is 23.1. The number of likely N-dealkylation sites (N-methyl/N-ethyl adjacent to an activating group) is 1. The molecule has 1 saturated heterocycles. The van der Waals surface area contributed by atoms with Gasteiger partial charge in [0.1, 0.15) is 6.10 Å². The van der Waals surface area contributed by atoms with Gasteiger partial charge in [-0.05, 0) is 73.4 Å². The topological polar surface area (TPSA) is 77.6 Å². The molecule has 2 saturated carbocycles. The van der Waals surface area contributed by atoms with Gasteiger partial charge in [0.25, 0.3) is 6.17 Å². The first-order valence-electron chi connectivity index (χ1n) is 14.5. The highest BCUT2D eigenvalue weighted by atomic mass is 19.4. The van der Waals surface area contributed by atoms with E-state index < -0.39 is 47.0 Å². The Balaban J connectivity index is 1.24. The lowest BCUT2D eigenvalue weighted by atomic mass is 9.47. The number of halogens is 3. The van der Waals surface area contributed by atoms with Gasteiger partial charge in [-0.15, -0.1) is 0 Å². The molecule has 2 aromatic rings. The number of alkyl halides is 3. The van der Waals surface area contributed by atoms with Gasteiger partial charge >= 0.3 is 6.18 Å². The number of amides is 1. The Morgan fingerprint density at radius 2 is 2.05 bits per heavy atom. The molecule has 2 heterocycles. The second kappa shape index (κ2) is 9.22. The Labute approximate surface area is 242 Å². The summed E-state index contributed by atoms with van der Waals surface area (Å²) in [6.45, 7) is 8.88. The number of phenolic OH excluding ortho intramolecular Hbond substituents is 1. The Bertz CT molecular complexity index is 1530. The highest BCUT2D eigenvalue weighted by Crippen LogP contribution is 2.67. The molecule has 5 aliphatic rings. The summed E-state index contributed by atoms with van der Waals surface area (Å²) >= 11 is 0. The van der Waals surface area contributed by atoms with Gasteiger partial charge in [0.15, 0.2) is 11.5 Å². The Kier molecular flexibility index (Phi) is 5.99. The monoisotopic (exact) mass is 579 g/mol. The summed E-state index contributed by atoms with van der Waals surface area (Å²) in [6.07, 6.45) is 0.899. The largest absolute Gasteiger partial charge is 0.504 e. The van der Waals surface area contributed by atoms with Crippen LogP contribution in [0.1, 0.15) is 54.4 Å². The van der Waals surface area contributed by atoms with Gasteiger partial charge in [-0.1, -0.05) is 18.2 Å². The van der Waals surface area contributed by atoms with Gasteiger partial charge < -0.3 is 19.8 Å². The van der Waals surface area contributed by atoms with Crippen molar-refractivity contribution in [1.29, 1.82) is 0 Å². The fourth-order valence-electron chi connectivity index (χ4n) is 8.24. The summed E-state index contributed by atoms with van der Waals surface area (Å²) in [5, 5.41) is 23.6. The quantitative estimate of drug-likeness (QED) is 0.395. The number of hydrogen-bond acceptors (Lipinski definition) is 5. The number of carbonyl (C=O) groups excluding carboxylic acids is 1. The van der Waals surface area contributed by atoms with E-state index in [0.717, 1.165) is 42.6 Å². The van der Waals surface area contributed by atoms with Crippen LogP contribution in [0.25, 0.3) is 10.9 Å². The van der Waals surface area contributed by atoms with Crippen LogP contribution in [-0.4, -0.2) is 69.5 Å². The van der Waals surface area contributed by atoms with Crippen LogP contribution in [0.4, 0.5) is 13.2 Å². The Morgan fingerprint density at radius 3 is 2.76 bits per heavy atom. The first-order chi connectivity index (χ1) is 20.0. The molecule has 2 N–H and O–H groups in total. The van der Waals surface area contributed by atoms with Crippen LogP contribution in [-0.2, 0) is 22.8 Å².